The van der Waals surface area contributed by atoms with Gasteiger partial charge in [-0.2, -0.15) is 0 Å². The van der Waals surface area contributed by atoms with E-state index in [9.17, 15) is 14.4 Å². The molecule has 0 aromatic carbocycles. The van der Waals surface area contributed by atoms with E-state index in [1.807, 2.05) is 0 Å². The van der Waals surface area contributed by atoms with Crippen LogP contribution < -0.4 is 22.3 Å². The van der Waals surface area contributed by atoms with Gasteiger partial charge < -0.3 is 15.8 Å². The van der Waals surface area contributed by atoms with E-state index in [0.717, 1.165) is 32.1 Å². The molecule has 1 aliphatic heterocycles. The Morgan fingerprint density at radius 2 is 1.85 bits per heavy atom. The molecule has 0 radical (unpaired) electrons. The highest BCUT2D eigenvalue weighted by atomic mass is 16.5. The lowest BCUT2D eigenvalue weighted by Gasteiger charge is -2.33. The number of carbonyl (C=O) groups excluding carboxylic acids is 1. The summed E-state index contributed by atoms with van der Waals surface area (Å²) in [6.45, 7) is 14.4. The van der Waals surface area contributed by atoms with Crippen LogP contribution in [0.4, 0.5) is 0 Å². The Bertz CT molecular complexity index is 949. The summed E-state index contributed by atoms with van der Waals surface area (Å²) in [4.78, 5) is 39.5. The van der Waals surface area contributed by atoms with Gasteiger partial charge in [0.05, 0.1) is 11.7 Å². The van der Waals surface area contributed by atoms with Crippen molar-refractivity contribution in [1.82, 2.24) is 14.9 Å². The average Bonchev–Trinajstić information content (AvgIpc) is 3.12. The maximum atomic E-state index is 12.6. The Labute approximate surface area is 203 Å². The Morgan fingerprint density at radius 1 is 1.18 bits per heavy atom. The van der Waals surface area contributed by atoms with E-state index in [-0.39, 0.29) is 34.3 Å². The van der Waals surface area contributed by atoms with E-state index in [1.54, 1.807) is 0 Å². The van der Waals surface area contributed by atoms with Crippen LogP contribution in [-0.2, 0) is 9.53 Å². The molecule has 0 bridgehead atoms. The third-order valence-electron chi connectivity index (χ3n) is 6.31. The summed E-state index contributed by atoms with van der Waals surface area (Å²) in [7, 11) is 0. The zero-order valence-electron chi connectivity index (χ0n) is 21.8. The summed E-state index contributed by atoms with van der Waals surface area (Å²) in [5, 5.41) is 2.82. The molecule has 1 aliphatic rings. The van der Waals surface area contributed by atoms with Crippen LogP contribution in [0.15, 0.2) is 21.9 Å². The third kappa shape index (κ3) is 8.55. The van der Waals surface area contributed by atoms with E-state index in [1.165, 1.54) is 22.9 Å². The first-order valence-corrected chi connectivity index (χ1v) is 12.5. The van der Waals surface area contributed by atoms with Crippen LogP contribution in [0, 0.1) is 16.7 Å². The molecule has 1 amide bonds. The highest BCUT2D eigenvalue weighted by Gasteiger charge is 2.44. The quantitative estimate of drug-likeness (QED) is 0.352. The fraction of sp³-hybridized carbons (Fsp3) is 0.731. The minimum absolute atomic E-state index is 0.0125. The number of amides is 1. The highest BCUT2D eigenvalue weighted by molar-refractivity contribution is 5.91. The summed E-state index contributed by atoms with van der Waals surface area (Å²) >= 11 is 0. The second kappa shape index (κ2) is 12.0. The number of hydrogen-bond donors (Lipinski definition) is 3. The minimum Gasteiger partial charge on any atom is -0.354 e. The molecule has 1 saturated heterocycles. The molecule has 0 unspecified atom stereocenters. The first-order valence-electron chi connectivity index (χ1n) is 12.5. The standard InChI is InChI=1S/C26H44N4O4/c1-25(2,3)16-20-19(26(4,5)6)15-22(34-20)30-17-18(23(32)29-24(30)33)11-12-21(31)28-14-10-8-7-9-13-27/h11-12,17,19-20,22H,7-10,13-16,27H2,1-6H3,(H,28,31)(H,29,32,33)/b12-11+/t19-,20-,22-/m1/s1. The maximum absolute atomic E-state index is 12.6. The Kier molecular flexibility index (Phi) is 9.88. The number of nitrogens with one attached hydrogen (secondary N) is 2. The fourth-order valence-corrected chi connectivity index (χ4v) is 4.50. The average molecular weight is 477 g/mol. The second-order valence-electron chi connectivity index (χ2n) is 11.7. The first-order chi connectivity index (χ1) is 15.8. The van der Waals surface area contributed by atoms with Gasteiger partial charge in [-0.1, -0.05) is 54.4 Å². The molecule has 8 heteroatoms. The molecule has 8 nitrogen and oxygen atoms in total. The topological polar surface area (TPSA) is 119 Å². The van der Waals surface area contributed by atoms with Crippen molar-refractivity contribution in [2.24, 2.45) is 22.5 Å². The Hall–Kier alpha value is -2.19. The van der Waals surface area contributed by atoms with Crippen molar-refractivity contribution in [2.75, 3.05) is 13.1 Å². The van der Waals surface area contributed by atoms with Crippen molar-refractivity contribution in [2.45, 2.75) is 92.4 Å². The van der Waals surface area contributed by atoms with E-state index in [4.69, 9.17) is 10.5 Å². The molecule has 1 aromatic rings. The monoisotopic (exact) mass is 476 g/mol. The molecule has 4 N–H and O–H groups in total. The van der Waals surface area contributed by atoms with Crippen molar-refractivity contribution >= 4 is 12.0 Å². The number of hydrogen-bond acceptors (Lipinski definition) is 5. The van der Waals surface area contributed by atoms with Crippen LogP contribution in [0.25, 0.3) is 6.08 Å². The van der Waals surface area contributed by atoms with E-state index >= 15 is 0 Å². The molecule has 0 spiro atoms. The smallest absolute Gasteiger partial charge is 0.330 e. The highest BCUT2D eigenvalue weighted by Crippen LogP contribution is 2.46. The second-order valence-corrected chi connectivity index (χ2v) is 11.7. The normalized spacial score (nSPS) is 21.3. The summed E-state index contributed by atoms with van der Waals surface area (Å²) < 4.78 is 7.84. The lowest BCUT2D eigenvalue weighted by atomic mass is 9.73. The van der Waals surface area contributed by atoms with Gasteiger partial charge >= 0.3 is 5.69 Å². The van der Waals surface area contributed by atoms with Crippen molar-refractivity contribution in [3.05, 3.63) is 38.7 Å². The number of nitrogens with zero attached hydrogens (tertiary/aromatic N) is 1. The van der Waals surface area contributed by atoms with Gasteiger partial charge in [-0.25, -0.2) is 4.79 Å². The molecule has 0 saturated carbocycles. The van der Waals surface area contributed by atoms with Crippen LogP contribution >= 0.6 is 0 Å². The van der Waals surface area contributed by atoms with Crippen LogP contribution in [0.3, 0.4) is 0 Å². The first kappa shape index (κ1) is 28.1. The maximum Gasteiger partial charge on any atom is 0.330 e. The molecular weight excluding hydrogens is 432 g/mol. The number of nitrogens with two attached hydrogens (primary N) is 1. The SMILES string of the molecule is CC(C)(C)C[C@H]1O[C@@H](n2cc(/C=C/C(=O)NCCCCCCN)c(=O)[nH]c2=O)C[C@H]1C(C)(C)C. The number of rotatable bonds is 10. The molecule has 2 rings (SSSR count). The van der Waals surface area contributed by atoms with Crippen LogP contribution in [0.1, 0.15) is 91.9 Å². The van der Waals surface area contributed by atoms with Gasteiger partial charge in [0, 0.05) is 18.8 Å². The van der Waals surface area contributed by atoms with Gasteiger partial charge in [0.1, 0.15) is 6.23 Å². The van der Waals surface area contributed by atoms with Crippen molar-refractivity contribution in [3.63, 3.8) is 0 Å². The van der Waals surface area contributed by atoms with Gasteiger partial charge in [0.25, 0.3) is 5.56 Å². The number of unbranched alkanes of at least 4 members (excludes halogenated alkanes) is 3. The molecule has 1 aromatic heterocycles. The largest absolute Gasteiger partial charge is 0.354 e. The Morgan fingerprint density at radius 3 is 2.47 bits per heavy atom. The van der Waals surface area contributed by atoms with E-state index < -0.39 is 17.5 Å². The van der Waals surface area contributed by atoms with E-state index in [0.29, 0.717) is 19.5 Å². The zero-order chi connectivity index (χ0) is 25.5. The molecule has 192 valence electrons. The van der Waals surface area contributed by atoms with E-state index in [2.05, 4.69) is 51.8 Å². The van der Waals surface area contributed by atoms with Crippen molar-refractivity contribution < 1.29 is 9.53 Å². The summed E-state index contributed by atoms with van der Waals surface area (Å²) in [5.74, 6) is -0.00342. The number of carbonyl (C=O) groups is 1. The van der Waals surface area contributed by atoms with Gasteiger partial charge in [0.15, 0.2) is 0 Å². The van der Waals surface area contributed by atoms with Crippen LogP contribution in [0.2, 0.25) is 0 Å². The van der Waals surface area contributed by atoms with Gasteiger partial charge in [-0.15, -0.1) is 0 Å². The lowest BCUT2D eigenvalue weighted by Crippen LogP contribution is -2.33. The number of ether oxygens (including phenoxy) is 1. The Balaban J connectivity index is 2.13. The molecule has 0 aliphatic carbocycles. The van der Waals surface area contributed by atoms with Crippen LogP contribution in [-0.4, -0.2) is 34.7 Å². The number of aromatic nitrogens is 2. The van der Waals surface area contributed by atoms with Crippen molar-refractivity contribution in [1.29, 1.82) is 0 Å². The third-order valence-corrected chi connectivity index (χ3v) is 6.31. The van der Waals surface area contributed by atoms with Crippen molar-refractivity contribution in [3.8, 4) is 0 Å². The van der Waals surface area contributed by atoms with Crippen LogP contribution in [0.5, 0.6) is 0 Å². The fourth-order valence-electron chi connectivity index (χ4n) is 4.50. The summed E-state index contributed by atoms with van der Waals surface area (Å²) in [6, 6.07) is 0. The molecular formula is C26H44N4O4. The summed E-state index contributed by atoms with van der Waals surface area (Å²) in [5.41, 5.74) is 4.80. The van der Waals surface area contributed by atoms with Gasteiger partial charge in [-0.05, 0) is 55.1 Å². The predicted molar refractivity (Wildman–Crippen MR) is 136 cm³/mol. The predicted octanol–water partition coefficient (Wildman–Crippen LogP) is 3.57. The summed E-state index contributed by atoms with van der Waals surface area (Å²) in [6.07, 6.45) is 9.33. The number of H-pyrrole nitrogens is 1. The number of aromatic amines is 1. The molecule has 34 heavy (non-hydrogen) atoms. The lowest BCUT2D eigenvalue weighted by molar-refractivity contribution is -0.116. The van der Waals surface area contributed by atoms with Gasteiger partial charge in [-0.3, -0.25) is 19.1 Å². The van der Waals surface area contributed by atoms with Gasteiger partial charge in [0.2, 0.25) is 5.91 Å². The zero-order valence-corrected chi connectivity index (χ0v) is 21.8. The molecule has 2 heterocycles. The minimum atomic E-state index is -0.524. The molecule has 1 fully saturated rings. The molecule has 3 atom stereocenters.